The van der Waals surface area contributed by atoms with Crippen molar-refractivity contribution in [2.24, 2.45) is 0 Å². The Labute approximate surface area is 66.2 Å². The first-order valence-corrected chi connectivity index (χ1v) is 3.28. The molecule has 0 aromatic rings. The predicted octanol–water partition coefficient (Wildman–Crippen LogP) is 1.61. The van der Waals surface area contributed by atoms with Crippen LogP contribution in [0.15, 0.2) is 24.8 Å². The molecule has 0 radical (unpaired) electrons. The van der Waals surface area contributed by atoms with Crippen LogP contribution in [-0.2, 0) is 14.6 Å². The van der Waals surface area contributed by atoms with Gasteiger partial charge in [-0.25, -0.2) is 4.79 Å². The minimum absolute atomic E-state index is 0.323. The van der Waals surface area contributed by atoms with Crippen molar-refractivity contribution in [2.75, 3.05) is 6.61 Å². The van der Waals surface area contributed by atoms with Crippen LogP contribution in [0, 0.1) is 0 Å². The third-order valence-corrected chi connectivity index (χ3v) is 0.888. The number of carbonyl (C=O) groups excluding carboxylic acids is 1. The van der Waals surface area contributed by atoms with E-state index in [1.807, 2.05) is 0 Å². The Morgan fingerprint density at radius 3 is 2.73 bits per heavy atom. The van der Waals surface area contributed by atoms with Gasteiger partial charge in [0.05, 0.1) is 6.61 Å². The highest BCUT2D eigenvalue weighted by Crippen LogP contribution is 1.93. The Balaban J connectivity index is 3.31. The molecule has 0 amide bonds. The lowest BCUT2D eigenvalue weighted by molar-refractivity contribution is -0.267. The molecule has 0 aromatic carbocycles. The molecule has 0 aliphatic heterocycles. The highest BCUT2D eigenvalue weighted by atomic mass is 17.2. The van der Waals surface area contributed by atoms with Crippen LogP contribution < -0.4 is 0 Å². The van der Waals surface area contributed by atoms with Crippen molar-refractivity contribution in [2.45, 2.75) is 13.3 Å². The van der Waals surface area contributed by atoms with Gasteiger partial charge in [0.15, 0.2) is 0 Å². The first-order chi connectivity index (χ1) is 5.18. The fourth-order valence-electron chi connectivity index (χ4n) is 0.298. The van der Waals surface area contributed by atoms with Crippen LogP contribution in [0.4, 0.5) is 0 Å². The lowest BCUT2D eigenvalue weighted by Crippen LogP contribution is -2.06. The average molecular weight is 156 g/mol. The third-order valence-electron chi connectivity index (χ3n) is 0.888. The van der Waals surface area contributed by atoms with Gasteiger partial charge in [-0.2, -0.15) is 4.89 Å². The Bertz CT molecular complexity index is 161. The van der Waals surface area contributed by atoms with Crippen LogP contribution in [0.5, 0.6) is 0 Å². The Morgan fingerprint density at radius 1 is 1.64 bits per heavy atom. The second-order valence-corrected chi connectivity index (χ2v) is 2.05. The van der Waals surface area contributed by atoms with Gasteiger partial charge in [-0.1, -0.05) is 12.7 Å². The second kappa shape index (κ2) is 5.68. The summed E-state index contributed by atoms with van der Waals surface area (Å²) >= 11 is 0. The average Bonchev–Trinajstić information content (AvgIpc) is 1.97. The maximum Gasteiger partial charge on any atom is 0.368 e. The molecule has 0 aromatic heterocycles. The topological polar surface area (TPSA) is 35.5 Å². The predicted molar refractivity (Wildman–Crippen MR) is 41.7 cm³/mol. The monoisotopic (exact) mass is 156 g/mol. The standard InChI is InChI=1S/C8H12O3/c1-4-5-6-10-11-8(9)7(2)3/h4H,1-2,5-6H2,3H3. The Kier molecular flexibility index (Phi) is 5.11. The number of hydrogen-bond acceptors (Lipinski definition) is 3. The van der Waals surface area contributed by atoms with Crippen LogP contribution in [-0.4, -0.2) is 12.6 Å². The third kappa shape index (κ3) is 5.36. The summed E-state index contributed by atoms with van der Waals surface area (Å²) in [6.45, 7) is 8.74. The normalized spacial score (nSPS) is 8.82. The summed E-state index contributed by atoms with van der Waals surface area (Å²) in [5.41, 5.74) is 0.323. The summed E-state index contributed by atoms with van der Waals surface area (Å²) in [6.07, 6.45) is 2.33. The van der Waals surface area contributed by atoms with Crippen molar-refractivity contribution < 1.29 is 14.6 Å². The smallest absolute Gasteiger partial charge is 0.293 e. The molecule has 0 spiro atoms. The van der Waals surface area contributed by atoms with E-state index in [0.717, 1.165) is 0 Å². The van der Waals surface area contributed by atoms with Crippen molar-refractivity contribution in [1.29, 1.82) is 0 Å². The highest BCUT2D eigenvalue weighted by Gasteiger charge is 2.02. The van der Waals surface area contributed by atoms with Crippen LogP contribution in [0.2, 0.25) is 0 Å². The zero-order valence-electron chi connectivity index (χ0n) is 6.63. The SMILES string of the molecule is C=CCCOOC(=O)C(=C)C. The molecule has 3 nitrogen and oxygen atoms in total. The zero-order valence-corrected chi connectivity index (χ0v) is 6.63. The molecular formula is C8H12O3. The van der Waals surface area contributed by atoms with E-state index in [0.29, 0.717) is 18.6 Å². The van der Waals surface area contributed by atoms with Gasteiger partial charge in [0.1, 0.15) is 0 Å². The van der Waals surface area contributed by atoms with E-state index in [2.05, 4.69) is 22.9 Å². The first kappa shape index (κ1) is 9.91. The van der Waals surface area contributed by atoms with Gasteiger partial charge in [0.2, 0.25) is 0 Å². The lowest BCUT2D eigenvalue weighted by atomic mass is 10.4. The number of rotatable bonds is 5. The van der Waals surface area contributed by atoms with E-state index in [4.69, 9.17) is 0 Å². The fourth-order valence-corrected chi connectivity index (χ4v) is 0.298. The summed E-state index contributed by atoms with van der Waals surface area (Å²) in [7, 11) is 0. The maximum absolute atomic E-state index is 10.6. The summed E-state index contributed by atoms with van der Waals surface area (Å²) in [6, 6.07) is 0. The molecule has 0 heterocycles. The molecule has 0 fully saturated rings. The van der Waals surface area contributed by atoms with E-state index < -0.39 is 5.97 Å². The van der Waals surface area contributed by atoms with E-state index in [1.165, 1.54) is 0 Å². The molecule has 0 saturated heterocycles. The van der Waals surface area contributed by atoms with Crippen molar-refractivity contribution >= 4 is 5.97 Å². The van der Waals surface area contributed by atoms with Gasteiger partial charge < -0.3 is 0 Å². The molecule has 0 aliphatic rings. The molecule has 0 bridgehead atoms. The molecule has 0 aliphatic carbocycles. The summed E-state index contributed by atoms with van der Waals surface area (Å²) in [5.74, 6) is -0.533. The van der Waals surface area contributed by atoms with Gasteiger partial charge >= 0.3 is 5.97 Å². The molecular weight excluding hydrogens is 144 g/mol. The van der Waals surface area contributed by atoms with Crippen LogP contribution in [0.25, 0.3) is 0 Å². The number of carbonyl (C=O) groups is 1. The first-order valence-electron chi connectivity index (χ1n) is 3.28. The van der Waals surface area contributed by atoms with Gasteiger partial charge in [-0.05, 0) is 13.3 Å². The fraction of sp³-hybridized carbons (Fsp3) is 0.375. The second-order valence-electron chi connectivity index (χ2n) is 2.05. The van der Waals surface area contributed by atoms with Gasteiger partial charge in [0.25, 0.3) is 0 Å². The van der Waals surface area contributed by atoms with Crippen LogP contribution >= 0.6 is 0 Å². The number of hydrogen-bond donors (Lipinski definition) is 0. The molecule has 0 N–H and O–H groups in total. The van der Waals surface area contributed by atoms with Crippen LogP contribution in [0.3, 0.4) is 0 Å². The van der Waals surface area contributed by atoms with E-state index in [-0.39, 0.29) is 0 Å². The molecule has 0 unspecified atom stereocenters. The Hall–Kier alpha value is -1.09. The largest absolute Gasteiger partial charge is 0.368 e. The molecule has 62 valence electrons. The lowest BCUT2D eigenvalue weighted by Gasteiger charge is -2.00. The summed E-state index contributed by atoms with van der Waals surface area (Å²) < 4.78 is 0. The van der Waals surface area contributed by atoms with E-state index in [9.17, 15) is 4.79 Å². The van der Waals surface area contributed by atoms with Gasteiger partial charge in [0, 0.05) is 5.57 Å². The van der Waals surface area contributed by atoms with Crippen molar-refractivity contribution in [3.63, 3.8) is 0 Å². The van der Waals surface area contributed by atoms with Crippen molar-refractivity contribution in [1.82, 2.24) is 0 Å². The molecule has 11 heavy (non-hydrogen) atoms. The van der Waals surface area contributed by atoms with Gasteiger partial charge in [-0.15, -0.1) is 6.58 Å². The minimum Gasteiger partial charge on any atom is -0.293 e. The minimum atomic E-state index is -0.533. The summed E-state index contributed by atoms with van der Waals surface area (Å²) in [5, 5.41) is 0. The molecule has 3 heteroatoms. The van der Waals surface area contributed by atoms with Crippen molar-refractivity contribution in [3.05, 3.63) is 24.8 Å². The van der Waals surface area contributed by atoms with Gasteiger partial charge in [-0.3, -0.25) is 4.89 Å². The molecule has 0 rings (SSSR count). The van der Waals surface area contributed by atoms with Crippen molar-refractivity contribution in [3.8, 4) is 0 Å². The van der Waals surface area contributed by atoms with E-state index in [1.54, 1.807) is 13.0 Å². The molecule has 0 atom stereocenters. The Morgan fingerprint density at radius 2 is 2.27 bits per heavy atom. The molecule has 0 saturated carbocycles. The van der Waals surface area contributed by atoms with Crippen LogP contribution in [0.1, 0.15) is 13.3 Å². The highest BCUT2D eigenvalue weighted by molar-refractivity contribution is 5.86. The quantitative estimate of drug-likeness (QED) is 0.199. The zero-order chi connectivity index (χ0) is 8.69. The maximum atomic E-state index is 10.6. The summed E-state index contributed by atoms with van der Waals surface area (Å²) in [4.78, 5) is 19.5. The van der Waals surface area contributed by atoms with E-state index >= 15 is 0 Å².